The Morgan fingerprint density at radius 3 is 1.94 bits per heavy atom. The number of carboxylic acids is 1. The van der Waals surface area contributed by atoms with Crippen LogP contribution in [0.2, 0.25) is 0 Å². The van der Waals surface area contributed by atoms with Gasteiger partial charge in [-0.1, -0.05) is 0 Å². The molecule has 2 N–H and O–H groups in total. The third-order valence-corrected chi connectivity index (χ3v) is 3.94. The Balaban J connectivity index is 1.40. The van der Waals surface area contributed by atoms with Gasteiger partial charge in [0.25, 0.3) is 11.8 Å². The van der Waals surface area contributed by atoms with Gasteiger partial charge in [0, 0.05) is 18.7 Å². The van der Waals surface area contributed by atoms with Gasteiger partial charge in [-0.25, -0.2) is 9.88 Å². The molecule has 1 aromatic rings. The maximum atomic E-state index is 11.6. The highest BCUT2D eigenvalue weighted by atomic mass is 16.6. The molecule has 1 aliphatic heterocycles. The summed E-state index contributed by atoms with van der Waals surface area (Å²) in [6.45, 7) is 3.68. The average Bonchev–Trinajstić information content (AvgIpc) is 3.09. The molecular weight excluding hydrogens is 410 g/mol. The van der Waals surface area contributed by atoms with Crippen LogP contribution in [0.1, 0.15) is 6.42 Å². The van der Waals surface area contributed by atoms with Crippen LogP contribution in [-0.4, -0.2) is 87.3 Å². The highest BCUT2D eigenvalue weighted by Crippen LogP contribution is 2.19. The minimum Gasteiger partial charge on any atom is -0.481 e. The highest BCUT2D eigenvalue weighted by molar-refractivity contribution is 6.28. The van der Waals surface area contributed by atoms with E-state index >= 15 is 0 Å². The number of anilines is 2. The Morgan fingerprint density at radius 1 is 0.871 bits per heavy atom. The number of hydrogen-bond acceptors (Lipinski definition) is 9. The highest BCUT2D eigenvalue weighted by Gasteiger charge is 2.25. The van der Waals surface area contributed by atoms with Crippen LogP contribution in [-0.2, 0) is 33.3 Å². The van der Waals surface area contributed by atoms with Gasteiger partial charge in [0.15, 0.2) is 0 Å². The van der Waals surface area contributed by atoms with Gasteiger partial charge in [0.05, 0.1) is 71.2 Å². The number of pyridine rings is 1. The number of rotatable bonds is 17. The molecule has 0 saturated carbocycles. The lowest BCUT2D eigenvalue weighted by atomic mass is 10.3. The maximum Gasteiger partial charge on any atom is 0.305 e. The molecule has 0 spiro atoms. The molecule has 0 radical (unpaired) electrons. The van der Waals surface area contributed by atoms with E-state index in [1.807, 2.05) is 0 Å². The summed E-state index contributed by atoms with van der Waals surface area (Å²) in [4.78, 5) is 38.8. The molecule has 11 heteroatoms. The molecule has 2 rings (SSSR count). The van der Waals surface area contributed by atoms with Crippen molar-refractivity contribution >= 4 is 29.3 Å². The number of nitrogens with one attached hydrogen (secondary N) is 1. The minimum absolute atomic E-state index is 0.0115. The van der Waals surface area contributed by atoms with Crippen molar-refractivity contribution in [1.29, 1.82) is 0 Å². The second kappa shape index (κ2) is 14.2. The Morgan fingerprint density at radius 2 is 1.42 bits per heavy atom. The van der Waals surface area contributed by atoms with E-state index in [2.05, 4.69) is 10.3 Å². The van der Waals surface area contributed by atoms with E-state index in [0.717, 1.165) is 4.90 Å². The van der Waals surface area contributed by atoms with Crippen molar-refractivity contribution in [2.75, 3.05) is 69.6 Å². The van der Waals surface area contributed by atoms with E-state index < -0.39 is 5.97 Å². The van der Waals surface area contributed by atoms with Crippen molar-refractivity contribution < 1.29 is 38.4 Å². The van der Waals surface area contributed by atoms with Crippen LogP contribution in [0.3, 0.4) is 0 Å². The minimum atomic E-state index is -0.883. The zero-order chi connectivity index (χ0) is 22.3. The van der Waals surface area contributed by atoms with Gasteiger partial charge in [-0.2, -0.15) is 0 Å². The monoisotopic (exact) mass is 437 g/mol. The Kier molecular flexibility index (Phi) is 11.2. The molecule has 0 aromatic carbocycles. The molecule has 11 nitrogen and oxygen atoms in total. The summed E-state index contributed by atoms with van der Waals surface area (Å²) in [5, 5.41) is 11.5. The predicted molar refractivity (Wildman–Crippen MR) is 110 cm³/mol. The molecule has 0 saturated heterocycles. The zero-order valence-corrected chi connectivity index (χ0v) is 17.2. The first-order chi connectivity index (χ1) is 15.1. The standard InChI is InChI=1S/C20H27N3O8/c24-18-3-4-19(25)23(18)16-1-2-17(22-15-16)21-6-8-29-10-12-31-14-13-30-11-9-28-7-5-20(26)27/h1-4,15H,5-14H2,(H,21,22)(H,26,27). The van der Waals surface area contributed by atoms with Crippen LogP contribution < -0.4 is 10.2 Å². The third kappa shape index (κ3) is 9.66. The first kappa shape index (κ1) is 24.4. The second-order valence-corrected chi connectivity index (χ2v) is 6.27. The fourth-order valence-corrected chi connectivity index (χ4v) is 2.45. The second-order valence-electron chi connectivity index (χ2n) is 6.27. The number of imide groups is 1. The number of ether oxygens (including phenoxy) is 4. The summed E-state index contributed by atoms with van der Waals surface area (Å²) < 4.78 is 21.2. The zero-order valence-electron chi connectivity index (χ0n) is 17.2. The average molecular weight is 437 g/mol. The number of hydrogen-bond donors (Lipinski definition) is 2. The molecule has 1 aliphatic rings. The van der Waals surface area contributed by atoms with Crippen LogP contribution >= 0.6 is 0 Å². The summed E-state index contributed by atoms with van der Waals surface area (Å²) in [5.74, 6) is -1.03. The summed E-state index contributed by atoms with van der Waals surface area (Å²) in [6, 6.07) is 3.34. The molecule has 170 valence electrons. The fourth-order valence-electron chi connectivity index (χ4n) is 2.45. The van der Waals surface area contributed by atoms with Crippen molar-refractivity contribution in [3.8, 4) is 0 Å². The summed E-state index contributed by atoms with van der Waals surface area (Å²) in [5.41, 5.74) is 0.425. The summed E-state index contributed by atoms with van der Waals surface area (Å²) in [6.07, 6.45) is 3.91. The van der Waals surface area contributed by atoms with Crippen LogP contribution in [0.5, 0.6) is 0 Å². The van der Waals surface area contributed by atoms with Crippen LogP contribution in [0, 0.1) is 0 Å². The molecule has 0 fully saturated rings. The number of carboxylic acid groups (broad SMARTS) is 1. The number of carbonyl (C=O) groups is 3. The lowest BCUT2D eigenvalue weighted by molar-refractivity contribution is -0.138. The lowest BCUT2D eigenvalue weighted by Gasteiger charge is -2.14. The third-order valence-electron chi connectivity index (χ3n) is 3.94. The molecular formula is C20H27N3O8. The number of amides is 2. The first-order valence-corrected chi connectivity index (χ1v) is 9.87. The van der Waals surface area contributed by atoms with Crippen molar-refractivity contribution in [3.63, 3.8) is 0 Å². The smallest absolute Gasteiger partial charge is 0.305 e. The first-order valence-electron chi connectivity index (χ1n) is 9.87. The van der Waals surface area contributed by atoms with Gasteiger partial charge < -0.3 is 29.4 Å². The molecule has 2 amide bonds. The van der Waals surface area contributed by atoms with Crippen molar-refractivity contribution in [2.45, 2.75) is 6.42 Å². The van der Waals surface area contributed by atoms with Crippen LogP contribution in [0.4, 0.5) is 11.5 Å². The van der Waals surface area contributed by atoms with Crippen molar-refractivity contribution in [3.05, 3.63) is 30.5 Å². The summed E-state index contributed by atoms with van der Waals surface area (Å²) in [7, 11) is 0. The molecule has 0 aliphatic carbocycles. The molecule has 1 aromatic heterocycles. The van der Waals surface area contributed by atoms with Gasteiger partial charge in [-0.15, -0.1) is 0 Å². The van der Waals surface area contributed by atoms with Gasteiger partial charge in [-0.3, -0.25) is 14.4 Å². The largest absolute Gasteiger partial charge is 0.481 e. The summed E-state index contributed by atoms with van der Waals surface area (Å²) >= 11 is 0. The topological polar surface area (TPSA) is 137 Å². The Hall–Kier alpha value is -2.86. The van der Waals surface area contributed by atoms with Gasteiger partial charge in [-0.05, 0) is 12.1 Å². The predicted octanol–water partition coefficient (Wildman–Crippen LogP) is 0.464. The number of aromatic nitrogens is 1. The van der Waals surface area contributed by atoms with E-state index in [4.69, 9.17) is 24.1 Å². The van der Waals surface area contributed by atoms with E-state index in [0.29, 0.717) is 64.3 Å². The molecule has 0 bridgehead atoms. The van der Waals surface area contributed by atoms with E-state index in [1.165, 1.54) is 18.3 Å². The maximum absolute atomic E-state index is 11.6. The quantitative estimate of drug-likeness (QED) is 0.261. The van der Waals surface area contributed by atoms with Gasteiger partial charge in [0.1, 0.15) is 5.82 Å². The Labute approximate surface area is 179 Å². The van der Waals surface area contributed by atoms with Crippen LogP contribution in [0.25, 0.3) is 0 Å². The normalized spacial score (nSPS) is 13.2. The molecule has 0 unspecified atom stereocenters. The fraction of sp³-hybridized carbons (Fsp3) is 0.500. The van der Waals surface area contributed by atoms with Crippen LogP contribution in [0.15, 0.2) is 30.5 Å². The van der Waals surface area contributed by atoms with Crippen molar-refractivity contribution in [1.82, 2.24) is 4.98 Å². The molecule has 2 heterocycles. The van der Waals surface area contributed by atoms with Gasteiger partial charge in [0.2, 0.25) is 0 Å². The van der Waals surface area contributed by atoms with Gasteiger partial charge >= 0.3 is 5.97 Å². The molecule has 0 atom stereocenters. The number of aliphatic carboxylic acids is 1. The van der Waals surface area contributed by atoms with E-state index in [1.54, 1.807) is 12.1 Å². The molecule has 31 heavy (non-hydrogen) atoms. The van der Waals surface area contributed by atoms with Crippen molar-refractivity contribution in [2.24, 2.45) is 0 Å². The van der Waals surface area contributed by atoms with E-state index in [9.17, 15) is 14.4 Å². The van der Waals surface area contributed by atoms with E-state index in [-0.39, 0.29) is 24.8 Å². The SMILES string of the molecule is O=C(O)CCOCCOCCOCCOCCNc1ccc(N2C(=O)C=CC2=O)cn1. The number of carbonyl (C=O) groups excluding carboxylic acids is 2. The number of nitrogens with zero attached hydrogens (tertiary/aromatic N) is 2. The lowest BCUT2D eigenvalue weighted by Crippen LogP contribution is -2.29. The Bertz CT molecular complexity index is 720.